The van der Waals surface area contributed by atoms with Gasteiger partial charge < -0.3 is 14.5 Å². The minimum absolute atomic E-state index is 0.416. The number of aromatic nitrogens is 2. The van der Waals surface area contributed by atoms with Gasteiger partial charge in [-0.3, -0.25) is 0 Å². The second kappa shape index (κ2) is 8.98. The van der Waals surface area contributed by atoms with Crippen molar-refractivity contribution in [2.75, 3.05) is 19.2 Å². The molecule has 0 aliphatic carbocycles. The fourth-order valence-corrected chi connectivity index (χ4v) is 3.78. The molecule has 0 unspecified atom stereocenters. The zero-order chi connectivity index (χ0) is 21.1. The van der Waals surface area contributed by atoms with Crippen LogP contribution in [-0.2, 0) is 18.1 Å². The van der Waals surface area contributed by atoms with E-state index in [0.29, 0.717) is 13.3 Å². The molecule has 0 atom stereocenters. The van der Waals surface area contributed by atoms with Crippen LogP contribution in [0.15, 0.2) is 40.9 Å². The predicted octanol–water partition coefficient (Wildman–Crippen LogP) is 4.73. The topological polar surface area (TPSA) is 65.5 Å². The first-order valence-corrected chi connectivity index (χ1v) is 10.1. The fraction of sp³-hybridized carbons (Fsp3) is 0.318. The third kappa shape index (κ3) is 4.47. The van der Waals surface area contributed by atoms with Crippen LogP contribution < -0.4 is 15.6 Å². The van der Waals surface area contributed by atoms with E-state index in [-0.39, 0.29) is 0 Å². The van der Waals surface area contributed by atoms with Crippen molar-refractivity contribution in [2.24, 2.45) is 5.84 Å². The van der Waals surface area contributed by atoms with Gasteiger partial charge in [-0.1, -0.05) is 12.1 Å². The molecule has 0 amide bonds. The summed E-state index contributed by atoms with van der Waals surface area (Å²) in [6, 6.07) is 12.2. The molecule has 0 spiro atoms. The van der Waals surface area contributed by atoms with E-state index in [2.05, 4.69) is 40.1 Å². The number of rotatable bonds is 7. The summed E-state index contributed by atoms with van der Waals surface area (Å²) in [5.41, 5.74) is 7.18. The summed E-state index contributed by atoms with van der Waals surface area (Å²) in [6.45, 7) is 6.99. The minimum atomic E-state index is 0.416. The van der Waals surface area contributed by atoms with Gasteiger partial charge in [0.05, 0.1) is 15.9 Å². The molecule has 1 heterocycles. The molecule has 6 nitrogen and oxygen atoms in total. The Hall–Kier alpha value is -2.35. The highest BCUT2D eigenvalue weighted by atomic mass is 79.9. The number of nitrogens with two attached hydrogens (primary N) is 1. The number of methoxy groups -OCH3 is 1. The zero-order valence-corrected chi connectivity index (χ0v) is 19.1. The van der Waals surface area contributed by atoms with Gasteiger partial charge in [0.15, 0.2) is 0 Å². The quantitative estimate of drug-likeness (QED) is 0.409. The summed E-state index contributed by atoms with van der Waals surface area (Å²) in [6.07, 6.45) is 0. The van der Waals surface area contributed by atoms with Crippen molar-refractivity contribution < 1.29 is 9.47 Å². The fourth-order valence-electron chi connectivity index (χ4n) is 3.27. The van der Waals surface area contributed by atoms with Crippen LogP contribution in [0.3, 0.4) is 0 Å². The number of nitrogens with zero attached hydrogens (tertiary/aromatic N) is 3. The number of hydrogen-bond acceptors (Lipinski definition) is 5. The summed E-state index contributed by atoms with van der Waals surface area (Å²) in [5.74, 6) is 6.81. The lowest BCUT2D eigenvalue weighted by molar-refractivity contribution is 0.119. The van der Waals surface area contributed by atoms with Crippen LogP contribution in [-0.4, -0.2) is 23.9 Å². The van der Waals surface area contributed by atoms with E-state index in [9.17, 15) is 0 Å². The van der Waals surface area contributed by atoms with Crippen LogP contribution in [0.5, 0.6) is 5.75 Å². The largest absolute Gasteiger partial charge is 0.489 e. The summed E-state index contributed by atoms with van der Waals surface area (Å²) in [5, 5.41) is 6.28. The first-order valence-electron chi connectivity index (χ1n) is 9.36. The van der Waals surface area contributed by atoms with E-state index in [1.165, 1.54) is 0 Å². The smallest absolute Gasteiger partial charge is 0.139 e. The van der Waals surface area contributed by atoms with Crippen LogP contribution in [0.1, 0.15) is 22.4 Å². The van der Waals surface area contributed by atoms with E-state index in [1.54, 1.807) is 12.1 Å². The second-order valence-electron chi connectivity index (χ2n) is 7.12. The zero-order valence-electron chi connectivity index (χ0n) is 17.5. The molecule has 7 heteroatoms. The average molecular weight is 459 g/mol. The van der Waals surface area contributed by atoms with Gasteiger partial charge in [-0.25, -0.2) is 10.5 Å². The number of hydrogen-bond donors (Lipinski definition) is 1. The lowest BCUT2D eigenvalue weighted by Crippen LogP contribution is -2.26. The molecule has 0 saturated heterocycles. The molecule has 0 saturated carbocycles. The Bertz CT molecular complexity index is 1010. The average Bonchev–Trinajstić information content (AvgIpc) is 2.96. The lowest BCUT2D eigenvalue weighted by atomic mass is 10.1. The van der Waals surface area contributed by atoms with Crippen LogP contribution in [0, 0.1) is 20.8 Å². The first kappa shape index (κ1) is 21.4. The van der Waals surface area contributed by atoms with E-state index in [1.807, 2.05) is 49.8 Å². The summed E-state index contributed by atoms with van der Waals surface area (Å²) >= 11 is 3.65. The SMILES string of the molecule is COCn1nc(-c2ccc(OCc3c(C)cccc3N(C)N)c(C)c2)c(Br)c1C. The second-order valence-corrected chi connectivity index (χ2v) is 7.91. The minimum Gasteiger partial charge on any atom is -0.489 e. The first-order chi connectivity index (χ1) is 13.8. The lowest BCUT2D eigenvalue weighted by Gasteiger charge is -2.19. The maximum absolute atomic E-state index is 6.14. The van der Waals surface area contributed by atoms with Gasteiger partial charge in [0.1, 0.15) is 24.8 Å². The van der Waals surface area contributed by atoms with Gasteiger partial charge in [0, 0.05) is 25.3 Å². The molecule has 3 aromatic rings. The van der Waals surface area contributed by atoms with E-state index < -0.39 is 0 Å². The Morgan fingerprint density at radius 1 is 1.14 bits per heavy atom. The van der Waals surface area contributed by atoms with E-state index >= 15 is 0 Å². The molecular weight excluding hydrogens is 432 g/mol. The molecule has 3 rings (SSSR count). The molecule has 0 fully saturated rings. The summed E-state index contributed by atoms with van der Waals surface area (Å²) < 4.78 is 14.2. The normalized spacial score (nSPS) is 11.0. The number of anilines is 1. The molecule has 0 radical (unpaired) electrons. The van der Waals surface area contributed by atoms with Crippen LogP contribution in [0.2, 0.25) is 0 Å². The van der Waals surface area contributed by atoms with Gasteiger partial charge >= 0.3 is 0 Å². The number of hydrazine groups is 1. The van der Waals surface area contributed by atoms with Gasteiger partial charge in [-0.2, -0.15) is 5.10 Å². The van der Waals surface area contributed by atoms with Crippen molar-refractivity contribution >= 4 is 21.6 Å². The Labute approximate surface area is 180 Å². The van der Waals surface area contributed by atoms with Crippen LogP contribution in [0.25, 0.3) is 11.3 Å². The van der Waals surface area contributed by atoms with Gasteiger partial charge in [0.2, 0.25) is 0 Å². The summed E-state index contributed by atoms with van der Waals surface area (Å²) in [7, 11) is 3.49. The monoisotopic (exact) mass is 458 g/mol. The standard InChI is InChI=1S/C22H27BrN4O2/c1-14-7-6-8-19(26(4)24)18(14)12-29-20-10-9-17(11-15(20)2)22-21(23)16(3)27(25-22)13-28-5/h6-11H,12-13,24H2,1-5H3. The maximum Gasteiger partial charge on any atom is 0.139 e. The molecule has 154 valence electrons. The predicted molar refractivity (Wildman–Crippen MR) is 120 cm³/mol. The van der Waals surface area contributed by atoms with Crippen molar-refractivity contribution in [1.29, 1.82) is 0 Å². The Morgan fingerprint density at radius 2 is 1.90 bits per heavy atom. The highest BCUT2D eigenvalue weighted by Crippen LogP contribution is 2.33. The maximum atomic E-state index is 6.14. The molecule has 0 aliphatic rings. The van der Waals surface area contributed by atoms with Gasteiger partial charge in [-0.15, -0.1) is 0 Å². The van der Waals surface area contributed by atoms with Crippen molar-refractivity contribution in [2.45, 2.75) is 34.1 Å². The molecule has 2 N–H and O–H groups in total. The molecular formula is C22H27BrN4O2. The van der Waals surface area contributed by atoms with Crippen molar-refractivity contribution in [1.82, 2.24) is 9.78 Å². The number of benzene rings is 2. The Morgan fingerprint density at radius 3 is 2.55 bits per heavy atom. The highest BCUT2D eigenvalue weighted by Gasteiger charge is 2.15. The van der Waals surface area contributed by atoms with Gasteiger partial charge in [0.25, 0.3) is 0 Å². The van der Waals surface area contributed by atoms with Crippen molar-refractivity contribution in [3.05, 3.63) is 63.3 Å². The summed E-state index contributed by atoms with van der Waals surface area (Å²) in [4.78, 5) is 0. The number of ether oxygens (including phenoxy) is 2. The molecule has 29 heavy (non-hydrogen) atoms. The number of halogens is 1. The molecule has 0 bridgehead atoms. The number of aryl methyl sites for hydroxylation is 2. The van der Waals surface area contributed by atoms with Gasteiger partial charge in [-0.05, 0) is 72.1 Å². The van der Waals surface area contributed by atoms with Crippen molar-refractivity contribution in [3.8, 4) is 17.0 Å². The van der Waals surface area contributed by atoms with Crippen molar-refractivity contribution in [3.63, 3.8) is 0 Å². The molecule has 2 aromatic carbocycles. The Kier molecular flexibility index (Phi) is 6.62. The van der Waals surface area contributed by atoms with E-state index in [0.717, 1.165) is 49.6 Å². The molecule has 0 aliphatic heterocycles. The van der Waals surface area contributed by atoms with Crippen LogP contribution >= 0.6 is 15.9 Å². The Balaban J connectivity index is 1.84. The van der Waals surface area contributed by atoms with Crippen LogP contribution in [0.4, 0.5) is 5.69 Å². The van der Waals surface area contributed by atoms with E-state index in [4.69, 9.17) is 15.3 Å². The third-order valence-electron chi connectivity index (χ3n) is 4.97. The molecule has 1 aromatic heterocycles. The highest BCUT2D eigenvalue weighted by molar-refractivity contribution is 9.10. The third-order valence-corrected chi connectivity index (χ3v) is 5.92.